The Morgan fingerprint density at radius 1 is 1.63 bits per heavy atom. The van der Waals surface area contributed by atoms with Crippen LogP contribution in [0.5, 0.6) is 0 Å². The van der Waals surface area contributed by atoms with Crippen molar-refractivity contribution in [3.8, 4) is 0 Å². The van der Waals surface area contributed by atoms with Gasteiger partial charge in [0.05, 0.1) is 12.7 Å². The summed E-state index contributed by atoms with van der Waals surface area (Å²) in [5.74, 6) is -0.157. The van der Waals surface area contributed by atoms with Crippen molar-refractivity contribution in [2.24, 2.45) is 5.73 Å². The zero-order chi connectivity index (χ0) is 13.8. The van der Waals surface area contributed by atoms with Gasteiger partial charge >= 0.3 is 0 Å². The monoisotopic (exact) mass is 266 g/mol. The van der Waals surface area contributed by atoms with Gasteiger partial charge in [0.1, 0.15) is 0 Å². The van der Waals surface area contributed by atoms with Gasteiger partial charge < -0.3 is 16.0 Å². The average molecular weight is 266 g/mol. The van der Waals surface area contributed by atoms with Crippen LogP contribution in [0.1, 0.15) is 23.3 Å². The van der Waals surface area contributed by atoms with Crippen LogP contribution in [0.4, 0.5) is 0 Å². The van der Waals surface area contributed by atoms with Gasteiger partial charge in [-0.05, 0) is 6.42 Å². The molecule has 1 saturated heterocycles. The maximum absolute atomic E-state index is 12.0. The van der Waals surface area contributed by atoms with Crippen LogP contribution >= 0.6 is 0 Å². The highest BCUT2D eigenvalue weighted by Crippen LogP contribution is 2.10. The molecule has 2 amide bonds. The number of carbonyl (C=O) groups excluding carboxylic acids is 2. The van der Waals surface area contributed by atoms with Crippen molar-refractivity contribution in [2.75, 3.05) is 20.1 Å². The number of likely N-dealkylation sites (tertiary alicyclic amines) is 1. The number of nitrogens with one attached hydrogen (secondary N) is 1. The SMILES string of the molecule is CN1CC(NC(=O)c2cn(CCN)nn2)CCC1=O. The van der Waals surface area contributed by atoms with E-state index in [4.69, 9.17) is 5.73 Å². The molecular weight excluding hydrogens is 248 g/mol. The van der Waals surface area contributed by atoms with Crippen LogP contribution in [0.3, 0.4) is 0 Å². The van der Waals surface area contributed by atoms with Gasteiger partial charge in [0.2, 0.25) is 5.91 Å². The number of aromatic nitrogens is 3. The number of amides is 2. The summed E-state index contributed by atoms with van der Waals surface area (Å²) in [6, 6.07) is -0.0325. The summed E-state index contributed by atoms with van der Waals surface area (Å²) in [5.41, 5.74) is 5.67. The number of hydrogen-bond donors (Lipinski definition) is 2. The smallest absolute Gasteiger partial charge is 0.273 e. The zero-order valence-electron chi connectivity index (χ0n) is 10.9. The van der Waals surface area contributed by atoms with E-state index in [1.165, 1.54) is 4.68 Å². The predicted octanol–water partition coefficient (Wildman–Crippen LogP) is -1.41. The molecule has 0 saturated carbocycles. The van der Waals surface area contributed by atoms with Crippen molar-refractivity contribution in [1.82, 2.24) is 25.2 Å². The van der Waals surface area contributed by atoms with E-state index in [2.05, 4.69) is 15.6 Å². The van der Waals surface area contributed by atoms with Gasteiger partial charge in [0.15, 0.2) is 5.69 Å². The Balaban J connectivity index is 1.91. The molecule has 0 bridgehead atoms. The molecule has 8 nitrogen and oxygen atoms in total. The summed E-state index contributed by atoms with van der Waals surface area (Å²) in [5, 5.41) is 10.5. The number of hydrogen-bond acceptors (Lipinski definition) is 5. The van der Waals surface area contributed by atoms with E-state index in [9.17, 15) is 9.59 Å². The molecule has 1 aromatic heterocycles. The number of piperidine rings is 1. The van der Waals surface area contributed by atoms with Gasteiger partial charge in [-0.25, -0.2) is 0 Å². The van der Waals surface area contributed by atoms with E-state index in [-0.39, 0.29) is 23.6 Å². The van der Waals surface area contributed by atoms with Crippen LogP contribution in [0.25, 0.3) is 0 Å². The minimum atomic E-state index is -0.268. The molecule has 1 aromatic rings. The fourth-order valence-corrected chi connectivity index (χ4v) is 2.03. The minimum absolute atomic E-state index is 0.0325. The third-order valence-corrected chi connectivity index (χ3v) is 3.09. The lowest BCUT2D eigenvalue weighted by Crippen LogP contribution is -2.48. The van der Waals surface area contributed by atoms with Gasteiger partial charge in [-0.15, -0.1) is 5.10 Å². The van der Waals surface area contributed by atoms with Gasteiger partial charge in [0, 0.05) is 32.6 Å². The predicted molar refractivity (Wildman–Crippen MR) is 67.2 cm³/mol. The number of nitrogens with zero attached hydrogens (tertiary/aromatic N) is 4. The quantitative estimate of drug-likeness (QED) is 0.696. The van der Waals surface area contributed by atoms with Gasteiger partial charge in [-0.1, -0.05) is 5.21 Å². The van der Waals surface area contributed by atoms with E-state index in [0.29, 0.717) is 32.5 Å². The molecule has 0 aromatic carbocycles. The van der Waals surface area contributed by atoms with E-state index >= 15 is 0 Å². The molecule has 1 aliphatic rings. The molecule has 3 N–H and O–H groups in total. The highest BCUT2D eigenvalue weighted by Gasteiger charge is 2.25. The first kappa shape index (κ1) is 13.5. The Bertz CT molecular complexity index is 472. The normalized spacial score (nSPS) is 19.6. The minimum Gasteiger partial charge on any atom is -0.346 e. The molecular formula is C11H18N6O2. The second kappa shape index (κ2) is 5.79. The molecule has 1 atom stereocenters. The zero-order valence-corrected chi connectivity index (χ0v) is 10.9. The second-order valence-electron chi connectivity index (χ2n) is 4.64. The molecule has 1 fully saturated rings. The summed E-state index contributed by atoms with van der Waals surface area (Å²) < 4.78 is 1.53. The van der Waals surface area contributed by atoms with Crippen molar-refractivity contribution in [3.63, 3.8) is 0 Å². The Morgan fingerprint density at radius 2 is 2.42 bits per heavy atom. The molecule has 2 rings (SSSR count). The van der Waals surface area contributed by atoms with Crippen molar-refractivity contribution in [2.45, 2.75) is 25.4 Å². The molecule has 1 aliphatic heterocycles. The van der Waals surface area contributed by atoms with E-state index in [0.717, 1.165) is 0 Å². The highest BCUT2D eigenvalue weighted by atomic mass is 16.2. The first-order valence-electron chi connectivity index (χ1n) is 6.25. The maximum atomic E-state index is 12.0. The molecule has 8 heteroatoms. The Labute approximate surface area is 110 Å². The third kappa shape index (κ3) is 3.28. The molecule has 19 heavy (non-hydrogen) atoms. The molecule has 104 valence electrons. The first-order chi connectivity index (χ1) is 9.10. The van der Waals surface area contributed by atoms with Crippen molar-refractivity contribution >= 4 is 11.8 Å². The average Bonchev–Trinajstić information content (AvgIpc) is 2.83. The topological polar surface area (TPSA) is 106 Å². The van der Waals surface area contributed by atoms with Crippen LogP contribution in [0.15, 0.2) is 6.20 Å². The number of likely N-dealkylation sites (N-methyl/N-ethyl adjacent to an activating group) is 1. The summed E-state index contributed by atoms with van der Waals surface area (Å²) in [4.78, 5) is 24.9. The van der Waals surface area contributed by atoms with E-state index < -0.39 is 0 Å². The van der Waals surface area contributed by atoms with E-state index in [1.54, 1.807) is 18.1 Å². The van der Waals surface area contributed by atoms with Crippen LogP contribution in [-0.4, -0.2) is 57.9 Å². The standard InChI is InChI=1S/C11H18N6O2/c1-16-6-8(2-3-10(16)18)13-11(19)9-7-17(5-4-12)15-14-9/h7-8H,2-6,12H2,1H3,(H,13,19). The number of carbonyl (C=O) groups is 2. The van der Waals surface area contributed by atoms with Gasteiger partial charge in [-0.3, -0.25) is 14.3 Å². The maximum Gasteiger partial charge on any atom is 0.273 e. The second-order valence-corrected chi connectivity index (χ2v) is 4.64. The molecule has 0 radical (unpaired) electrons. The van der Waals surface area contributed by atoms with Crippen molar-refractivity contribution < 1.29 is 9.59 Å². The van der Waals surface area contributed by atoms with Crippen LogP contribution < -0.4 is 11.1 Å². The van der Waals surface area contributed by atoms with Crippen molar-refractivity contribution in [1.29, 1.82) is 0 Å². The lowest BCUT2D eigenvalue weighted by molar-refractivity contribution is -0.132. The molecule has 2 heterocycles. The Kier molecular flexibility index (Phi) is 4.10. The summed E-state index contributed by atoms with van der Waals surface area (Å²) >= 11 is 0. The Morgan fingerprint density at radius 3 is 3.11 bits per heavy atom. The summed E-state index contributed by atoms with van der Waals surface area (Å²) in [6.45, 7) is 1.50. The summed E-state index contributed by atoms with van der Waals surface area (Å²) in [7, 11) is 1.73. The van der Waals surface area contributed by atoms with E-state index in [1.807, 2.05) is 0 Å². The number of rotatable bonds is 4. The summed E-state index contributed by atoms with van der Waals surface area (Å²) in [6.07, 6.45) is 2.69. The fraction of sp³-hybridized carbons (Fsp3) is 0.636. The first-order valence-corrected chi connectivity index (χ1v) is 6.25. The fourth-order valence-electron chi connectivity index (χ4n) is 2.03. The van der Waals surface area contributed by atoms with Crippen LogP contribution in [0.2, 0.25) is 0 Å². The van der Waals surface area contributed by atoms with Crippen LogP contribution in [0, 0.1) is 0 Å². The lowest BCUT2D eigenvalue weighted by atomic mass is 10.1. The number of nitrogens with two attached hydrogens (primary N) is 1. The highest BCUT2D eigenvalue weighted by molar-refractivity contribution is 5.92. The third-order valence-electron chi connectivity index (χ3n) is 3.09. The van der Waals surface area contributed by atoms with Crippen LogP contribution in [-0.2, 0) is 11.3 Å². The lowest BCUT2D eigenvalue weighted by Gasteiger charge is -2.29. The van der Waals surface area contributed by atoms with Crippen molar-refractivity contribution in [3.05, 3.63) is 11.9 Å². The molecule has 0 spiro atoms. The van der Waals surface area contributed by atoms with Gasteiger partial charge in [-0.2, -0.15) is 0 Å². The molecule has 1 unspecified atom stereocenters. The van der Waals surface area contributed by atoms with Gasteiger partial charge in [0.25, 0.3) is 5.91 Å². The Hall–Kier alpha value is -1.96. The largest absolute Gasteiger partial charge is 0.346 e. The molecule has 0 aliphatic carbocycles.